The van der Waals surface area contributed by atoms with E-state index >= 15 is 0 Å². The molecule has 0 unspecified atom stereocenters. The van der Waals surface area contributed by atoms with E-state index in [0.29, 0.717) is 30.1 Å². The Morgan fingerprint density at radius 2 is 1.72 bits per heavy atom. The maximum absolute atomic E-state index is 12.2. The summed E-state index contributed by atoms with van der Waals surface area (Å²) in [6, 6.07) is 17.7. The Hall–Kier alpha value is -3.36. The van der Waals surface area contributed by atoms with Crippen LogP contribution < -0.4 is 4.74 Å². The highest BCUT2D eigenvalue weighted by Gasteiger charge is 2.44. The van der Waals surface area contributed by atoms with Crippen molar-refractivity contribution in [1.29, 1.82) is 0 Å². The second-order valence-electron chi connectivity index (χ2n) is 13.6. The van der Waals surface area contributed by atoms with Crippen molar-refractivity contribution in [3.63, 3.8) is 0 Å². The molecule has 0 saturated heterocycles. The van der Waals surface area contributed by atoms with Crippen LogP contribution >= 0.6 is 0 Å². The van der Waals surface area contributed by atoms with E-state index in [1.165, 1.54) is 6.42 Å². The molecule has 0 aliphatic heterocycles. The first-order chi connectivity index (χ1) is 20.4. The summed E-state index contributed by atoms with van der Waals surface area (Å²) in [5.41, 5.74) is 0.124. The minimum atomic E-state index is -1.22. The number of hydrogen-bond acceptors (Lipinski definition) is 6. The lowest BCUT2D eigenvalue weighted by Gasteiger charge is -2.36. The highest BCUT2D eigenvalue weighted by atomic mass is 16.6. The van der Waals surface area contributed by atoms with Crippen LogP contribution in [0.1, 0.15) is 82.1 Å². The zero-order chi connectivity index (χ0) is 31.1. The van der Waals surface area contributed by atoms with Crippen LogP contribution in [0, 0.1) is 5.92 Å². The van der Waals surface area contributed by atoms with Crippen LogP contribution in [-0.2, 0) is 23.4 Å². The number of carbonyl (C=O) groups is 1. The van der Waals surface area contributed by atoms with Crippen molar-refractivity contribution < 1.29 is 28.3 Å². The molecule has 1 saturated carbocycles. The molecule has 43 heavy (non-hydrogen) atoms. The lowest BCUT2D eigenvalue weighted by atomic mass is 9.73. The molecule has 3 aromatic rings. The molecule has 234 valence electrons. The van der Waals surface area contributed by atoms with Gasteiger partial charge in [-0.25, -0.2) is 9.78 Å². The Kier molecular flexibility index (Phi) is 10.6. The molecular formula is C35H50N3O5+. The van der Waals surface area contributed by atoms with Crippen LogP contribution in [0.15, 0.2) is 65.2 Å². The number of rotatable bonds is 12. The van der Waals surface area contributed by atoms with Gasteiger partial charge in [-0.2, -0.15) is 0 Å². The maximum atomic E-state index is 12.2. The molecule has 8 heteroatoms. The number of hydrogen-bond donors (Lipinski definition) is 1. The molecule has 4 rings (SSSR count). The van der Waals surface area contributed by atoms with Gasteiger partial charge in [0.25, 0.3) is 0 Å². The Balaban J connectivity index is 1.28. The van der Waals surface area contributed by atoms with Crippen molar-refractivity contribution in [2.24, 2.45) is 5.92 Å². The van der Waals surface area contributed by atoms with Crippen LogP contribution in [0.5, 0.6) is 5.75 Å². The second kappa shape index (κ2) is 14.0. The third kappa shape index (κ3) is 9.07. The lowest BCUT2D eigenvalue weighted by molar-refractivity contribution is -0.904. The summed E-state index contributed by atoms with van der Waals surface area (Å²) in [5.74, 6) is 2.08. The Morgan fingerprint density at radius 1 is 1.05 bits per heavy atom. The Labute approximate surface area is 257 Å². The predicted octanol–water partition coefficient (Wildman–Crippen LogP) is 6.90. The van der Waals surface area contributed by atoms with E-state index in [4.69, 9.17) is 13.9 Å². The van der Waals surface area contributed by atoms with Gasteiger partial charge in [0.05, 0.1) is 33.4 Å². The highest BCUT2D eigenvalue weighted by molar-refractivity contribution is 5.67. The van der Waals surface area contributed by atoms with Crippen molar-refractivity contribution in [2.75, 3.05) is 34.3 Å². The number of nitrogens with zero attached hydrogens (tertiary/aromatic N) is 3. The Morgan fingerprint density at radius 3 is 2.37 bits per heavy atom. The van der Waals surface area contributed by atoms with Crippen molar-refractivity contribution in [3.05, 3.63) is 83.6 Å². The molecule has 1 aromatic heterocycles. The second-order valence-corrected chi connectivity index (χ2v) is 13.6. The highest BCUT2D eigenvalue weighted by Crippen LogP contribution is 2.43. The molecule has 1 amide bonds. The van der Waals surface area contributed by atoms with E-state index in [-0.39, 0.29) is 12.0 Å². The van der Waals surface area contributed by atoms with Gasteiger partial charge in [0.1, 0.15) is 17.9 Å². The van der Waals surface area contributed by atoms with Crippen LogP contribution in [0.3, 0.4) is 0 Å². The number of aromatic nitrogens is 1. The topological polar surface area (TPSA) is 85.0 Å². The minimum absolute atomic E-state index is 0.0924. The summed E-state index contributed by atoms with van der Waals surface area (Å²) in [5, 5.41) is 12.1. The van der Waals surface area contributed by atoms with Gasteiger partial charge in [-0.3, -0.25) is 0 Å². The molecule has 1 N–H and O–H groups in total. The number of carbonyl (C=O) groups excluding carboxylic acids is 1. The third-order valence-corrected chi connectivity index (χ3v) is 8.10. The first-order valence-corrected chi connectivity index (χ1v) is 15.6. The number of amides is 1. The summed E-state index contributed by atoms with van der Waals surface area (Å²) in [6.07, 6.45) is 7.70. The third-order valence-electron chi connectivity index (χ3n) is 8.10. The van der Waals surface area contributed by atoms with Crippen molar-refractivity contribution in [3.8, 4) is 5.75 Å². The van der Waals surface area contributed by atoms with Crippen LogP contribution in [0.25, 0.3) is 0 Å². The van der Waals surface area contributed by atoms with Gasteiger partial charge < -0.3 is 28.4 Å². The van der Waals surface area contributed by atoms with E-state index in [9.17, 15) is 9.90 Å². The average molecular weight is 593 g/mol. The van der Waals surface area contributed by atoms with E-state index < -0.39 is 11.2 Å². The molecule has 1 heterocycles. The summed E-state index contributed by atoms with van der Waals surface area (Å²) in [7, 11) is 6.07. The molecule has 0 bridgehead atoms. The maximum Gasteiger partial charge on any atom is 0.410 e. The number of quaternary nitrogens is 1. The predicted molar refractivity (Wildman–Crippen MR) is 167 cm³/mol. The molecule has 1 atom stereocenters. The Bertz CT molecular complexity index is 1290. The summed E-state index contributed by atoms with van der Waals surface area (Å²) >= 11 is 0. The molecule has 1 fully saturated rings. The molecule has 0 radical (unpaired) electrons. The van der Waals surface area contributed by atoms with Crippen LogP contribution in [0.4, 0.5) is 4.79 Å². The normalized spacial score (nSPS) is 16.0. The van der Waals surface area contributed by atoms with E-state index in [0.717, 1.165) is 61.3 Å². The number of benzene rings is 2. The largest absolute Gasteiger partial charge is 0.493 e. The smallest absolute Gasteiger partial charge is 0.410 e. The average Bonchev–Trinajstić information content (AvgIpc) is 3.44. The molecule has 8 nitrogen and oxygen atoms in total. The number of oxazole rings is 1. The summed E-state index contributed by atoms with van der Waals surface area (Å²) in [6.45, 7) is 8.20. The fourth-order valence-electron chi connectivity index (χ4n) is 5.86. The van der Waals surface area contributed by atoms with Gasteiger partial charge in [-0.1, -0.05) is 61.7 Å². The van der Waals surface area contributed by atoms with Crippen molar-refractivity contribution in [1.82, 2.24) is 9.88 Å². The molecule has 1 aliphatic rings. The first kappa shape index (κ1) is 32.6. The monoisotopic (exact) mass is 592 g/mol. The standard InChI is InChI=1S/C35H50N3O5/c1-34(2,3)43-33(39)37(4)25-27-18-20-30(21-19-27)41-23-13-22-38(5,6)26-31-24-36-32(42-31)35(40,28-14-9-7-10-15-28)29-16-11-8-12-17-29/h7,9-10,14-15,18-21,24,29,40H,8,11-13,16-17,22-23,25-26H2,1-6H3/q+1/t35-/m0/s1. The zero-order valence-corrected chi connectivity index (χ0v) is 26.8. The molecule has 2 aromatic carbocycles. The van der Waals surface area contributed by atoms with E-state index in [1.54, 1.807) is 18.1 Å². The van der Waals surface area contributed by atoms with Gasteiger partial charge >= 0.3 is 6.09 Å². The van der Waals surface area contributed by atoms with Crippen LogP contribution in [-0.4, -0.2) is 65.5 Å². The van der Waals surface area contributed by atoms with Gasteiger partial charge in [0.2, 0.25) is 5.89 Å². The lowest BCUT2D eigenvalue weighted by Crippen LogP contribution is -2.40. The summed E-state index contributed by atoms with van der Waals surface area (Å²) < 4.78 is 18.4. The fraction of sp³-hybridized carbons (Fsp3) is 0.543. The SMILES string of the molecule is CN(Cc1ccc(OCCC[N+](C)(C)Cc2cnc([C@](O)(c3ccccc3)C3CCCCC3)o2)cc1)C(=O)OC(C)(C)C. The fourth-order valence-corrected chi connectivity index (χ4v) is 5.86. The van der Waals surface area contributed by atoms with Crippen LogP contribution in [0.2, 0.25) is 0 Å². The number of ether oxygens (including phenoxy) is 2. The zero-order valence-electron chi connectivity index (χ0n) is 26.8. The van der Waals surface area contributed by atoms with E-state index in [1.807, 2.05) is 75.4 Å². The van der Waals surface area contributed by atoms with Gasteiger partial charge in [-0.15, -0.1) is 0 Å². The van der Waals surface area contributed by atoms with Crippen molar-refractivity contribution in [2.45, 2.75) is 83.6 Å². The quantitative estimate of drug-likeness (QED) is 0.182. The van der Waals surface area contributed by atoms with E-state index in [2.05, 4.69) is 19.1 Å². The minimum Gasteiger partial charge on any atom is -0.493 e. The van der Waals surface area contributed by atoms with Gasteiger partial charge in [-0.05, 0) is 56.9 Å². The summed E-state index contributed by atoms with van der Waals surface area (Å²) in [4.78, 5) is 18.4. The van der Waals surface area contributed by atoms with Crippen molar-refractivity contribution >= 4 is 6.09 Å². The van der Waals surface area contributed by atoms with Gasteiger partial charge in [0.15, 0.2) is 11.4 Å². The molecule has 1 aliphatic carbocycles. The molecule has 0 spiro atoms. The van der Waals surface area contributed by atoms with Gasteiger partial charge in [0, 0.05) is 25.9 Å². The number of aliphatic hydroxyl groups is 1. The first-order valence-electron chi connectivity index (χ1n) is 15.6. The molecular weight excluding hydrogens is 542 g/mol.